The van der Waals surface area contributed by atoms with Crippen LogP contribution in [0.2, 0.25) is 0 Å². The molecule has 5 heteroatoms. The maximum absolute atomic E-state index is 12.3. The van der Waals surface area contributed by atoms with Crippen molar-refractivity contribution in [2.24, 2.45) is 0 Å². The van der Waals surface area contributed by atoms with Crippen LogP contribution in [-0.4, -0.2) is 34.4 Å². The van der Waals surface area contributed by atoms with Crippen LogP contribution in [0.25, 0.3) is 0 Å². The number of ketones is 1. The molecule has 0 aliphatic carbocycles. The number of carbonyl (C=O) groups excluding carboxylic acids is 2. The Morgan fingerprint density at radius 1 is 1.33 bits per heavy atom. The summed E-state index contributed by atoms with van der Waals surface area (Å²) in [5.74, 6) is -0.179. The minimum atomic E-state index is -0.395. The number of rotatable bonds is 7. The first-order chi connectivity index (χ1) is 9.79. The number of nitrogens with one attached hydrogen (secondary N) is 2. The summed E-state index contributed by atoms with van der Waals surface area (Å²) < 4.78 is 0. The molecule has 3 N–H and O–H groups in total. The Hall–Kier alpha value is -1.62. The number of amides is 1. The van der Waals surface area contributed by atoms with Crippen LogP contribution in [-0.2, 0) is 0 Å². The van der Waals surface area contributed by atoms with Crippen molar-refractivity contribution in [1.82, 2.24) is 10.3 Å². The van der Waals surface area contributed by atoms with E-state index >= 15 is 0 Å². The molecule has 1 aromatic heterocycles. The molecule has 1 aromatic rings. The van der Waals surface area contributed by atoms with Gasteiger partial charge in [0.2, 0.25) is 0 Å². The van der Waals surface area contributed by atoms with E-state index in [9.17, 15) is 14.7 Å². The average Bonchev–Trinajstić information content (AvgIpc) is 2.76. The highest BCUT2D eigenvalue weighted by Gasteiger charge is 2.24. The van der Waals surface area contributed by atoms with E-state index in [0.29, 0.717) is 30.6 Å². The maximum atomic E-state index is 12.3. The lowest BCUT2D eigenvalue weighted by molar-refractivity contribution is 0.0936. The van der Waals surface area contributed by atoms with Gasteiger partial charge in [-0.3, -0.25) is 9.59 Å². The van der Waals surface area contributed by atoms with E-state index in [-0.39, 0.29) is 17.6 Å². The Labute approximate surface area is 126 Å². The van der Waals surface area contributed by atoms with Crippen LogP contribution in [0, 0.1) is 6.92 Å². The molecule has 0 aromatic carbocycles. The van der Waals surface area contributed by atoms with Gasteiger partial charge in [0.15, 0.2) is 5.78 Å². The molecular weight excluding hydrogens is 268 g/mol. The van der Waals surface area contributed by atoms with Gasteiger partial charge in [-0.1, -0.05) is 20.8 Å². The first-order valence-electron chi connectivity index (χ1n) is 7.49. The molecule has 0 fully saturated rings. The third-order valence-corrected chi connectivity index (χ3v) is 3.62. The fourth-order valence-corrected chi connectivity index (χ4v) is 2.50. The van der Waals surface area contributed by atoms with Crippen LogP contribution in [0.5, 0.6) is 0 Å². The second-order valence-electron chi connectivity index (χ2n) is 5.73. The van der Waals surface area contributed by atoms with Gasteiger partial charge in [-0.2, -0.15) is 0 Å². The average molecular weight is 294 g/mol. The third kappa shape index (κ3) is 4.17. The lowest BCUT2D eigenvalue weighted by atomic mass is 9.95. The van der Waals surface area contributed by atoms with Crippen LogP contribution >= 0.6 is 0 Å². The summed E-state index contributed by atoms with van der Waals surface area (Å²) in [7, 11) is 0. The second-order valence-corrected chi connectivity index (χ2v) is 5.73. The zero-order chi connectivity index (χ0) is 16.2. The predicted molar refractivity (Wildman–Crippen MR) is 82.9 cm³/mol. The summed E-state index contributed by atoms with van der Waals surface area (Å²) in [6.45, 7) is 9.57. The van der Waals surface area contributed by atoms with Crippen molar-refractivity contribution in [3.8, 4) is 0 Å². The number of Topliss-reactive ketones (excluding diaryl/α,β-unsaturated/α-hetero) is 1. The molecule has 0 aliphatic heterocycles. The van der Waals surface area contributed by atoms with Crippen LogP contribution in [0.15, 0.2) is 0 Å². The number of carbonyl (C=O) groups is 2. The molecule has 0 bridgehead atoms. The van der Waals surface area contributed by atoms with Crippen molar-refractivity contribution in [2.75, 3.05) is 6.54 Å². The number of hydrogen-bond donors (Lipinski definition) is 3. The molecule has 5 nitrogen and oxygen atoms in total. The Kier molecular flexibility index (Phi) is 6.15. The zero-order valence-electron chi connectivity index (χ0n) is 13.5. The quantitative estimate of drug-likeness (QED) is 0.676. The van der Waals surface area contributed by atoms with Gasteiger partial charge in [-0.25, -0.2) is 0 Å². The van der Waals surface area contributed by atoms with Crippen molar-refractivity contribution < 1.29 is 14.7 Å². The monoisotopic (exact) mass is 294 g/mol. The Bertz CT molecular complexity index is 518. The van der Waals surface area contributed by atoms with Crippen molar-refractivity contribution in [3.05, 3.63) is 22.5 Å². The number of hydrogen-bond acceptors (Lipinski definition) is 3. The number of aliphatic hydroxyl groups excluding tert-OH is 1. The third-order valence-electron chi connectivity index (χ3n) is 3.62. The molecule has 0 saturated carbocycles. The fourth-order valence-electron chi connectivity index (χ4n) is 2.50. The highest BCUT2D eigenvalue weighted by atomic mass is 16.3. The van der Waals surface area contributed by atoms with Gasteiger partial charge in [0, 0.05) is 17.8 Å². The van der Waals surface area contributed by atoms with E-state index < -0.39 is 6.10 Å². The molecule has 1 amide bonds. The van der Waals surface area contributed by atoms with Gasteiger partial charge < -0.3 is 15.4 Å². The minimum Gasteiger partial charge on any atom is -0.393 e. The molecule has 118 valence electrons. The summed E-state index contributed by atoms with van der Waals surface area (Å²) >= 11 is 0. The molecular formula is C16H26N2O3. The zero-order valence-corrected chi connectivity index (χ0v) is 13.5. The normalized spacial score (nSPS) is 12.5. The minimum absolute atomic E-state index is 0.0343. The summed E-state index contributed by atoms with van der Waals surface area (Å²) in [6.07, 6.45) is 0.801. The molecule has 1 atom stereocenters. The van der Waals surface area contributed by atoms with E-state index in [1.165, 1.54) is 6.92 Å². The fraction of sp³-hybridized carbons (Fsp3) is 0.625. The number of H-pyrrole nitrogens is 1. The van der Waals surface area contributed by atoms with Crippen LogP contribution < -0.4 is 5.32 Å². The largest absolute Gasteiger partial charge is 0.393 e. The van der Waals surface area contributed by atoms with Crippen molar-refractivity contribution in [2.45, 2.75) is 59.5 Å². The van der Waals surface area contributed by atoms with Gasteiger partial charge in [-0.05, 0) is 38.2 Å². The molecule has 1 heterocycles. The van der Waals surface area contributed by atoms with Crippen LogP contribution in [0.4, 0.5) is 0 Å². The van der Waals surface area contributed by atoms with E-state index in [4.69, 9.17) is 0 Å². The number of aryl methyl sites for hydroxylation is 1. The van der Waals surface area contributed by atoms with Crippen LogP contribution in [0.1, 0.15) is 78.6 Å². The van der Waals surface area contributed by atoms with Gasteiger partial charge in [0.05, 0.1) is 6.10 Å². The van der Waals surface area contributed by atoms with E-state index in [2.05, 4.69) is 10.3 Å². The number of aliphatic hydroxyl groups is 1. The Morgan fingerprint density at radius 2 is 1.95 bits per heavy atom. The number of aromatic amines is 1. The first-order valence-corrected chi connectivity index (χ1v) is 7.49. The van der Waals surface area contributed by atoms with Gasteiger partial charge in [0.25, 0.3) is 5.91 Å². The predicted octanol–water partition coefficient (Wildman–Crippen LogP) is 2.54. The Balaban J connectivity index is 2.94. The van der Waals surface area contributed by atoms with Crippen molar-refractivity contribution >= 4 is 11.7 Å². The smallest absolute Gasteiger partial charge is 0.268 e. The molecule has 1 unspecified atom stereocenters. The van der Waals surface area contributed by atoms with Gasteiger partial charge in [-0.15, -0.1) is 0 Å². The summed E-state index contributed by atoms with van der Waals surface area (Å²) in [4.78, 5) is 27.1. The van der Waals surface area contributed by atoms with Gasteiger partial charge in [0.1, 0.15) is 5.69 Å². The SMILES string of the molecule is CCC(O)CCNC(=O)c1[nH]c(C)c(C(C)=O)c1C(C)C. The van der Waals surface area contributed by atoms with Crippen molar-refractivity contribution in [3.63, 3.8) is 0 Å². The highest BCUT2D eigenvalue weighted by Crippen LogP contribution is 2.27. The Morgan fingerprint density at radius 3 is 2.43 bits per heavy atom. The molecule has 1 rings (SSSR count). The standard InChI is InChI=1S/C16H26N2O3/c1-6-12(20)7-8-17-16(21)15-13(9(2)3)14(11(5)19)10(4)18-15/h9,12,18,20H,6-8H2,1-5H3,(H,17,21). The summed E-state index contributed by atoms with van der Waals surface area (Å²) in [5.41, 5.74) is 2.57. The second kappa shape index (κ2) is 7.41. The lowest BCUT2D eigenvalue weighted by Gasteiger charge is -2.11. The summed E-state index contributed by atoms with van der Waals surface area (Å²) in [5, 5.41) is 12.3. The van der Waals surface area contributed by atoms with E-state index in [1.54, 1.807) is 6.92 Å². The maximum Gasteiger partial charge on any atom is 0.268 e. The van der Waals surface area contributed by atoms with E-state index in [1.807, 2.05) is 20.8 Å². The molecule has 0 spiro atoms. The molecule has 0 saturated heterocycles. The van der Waals surface area contributed by atoms with Crippen LogP contribution in [0.3, 0.4) is 0 Å². The highest BCUT2D eigenvalue weighted by molar-refractivity contribution is 6.03. The number of aromatic nitrogens is 1. The lowest BCUT2D eigenvalue weighted by Crippen LogP contribution is -2.28. The first kappa shape index (κ1) is 17.4. The topological polar surface area (TPSA) is 82.2 Å². The summed E-state index contributed by atoms with van der Waals surface area (Å²) in [6, 6.07) is 0. The molecule has 0 radical (unpaired) electrons. The van der Waals surface area contributed by atoms with Crippen molar-refractivity contribution in [1.29, 1.82) is 0 Å². The van der Waals surface area contributed by atoms with E-state index in [0.717, 1.165) is 11.3 Å². The van der Waals surface area contributed by atoms with Gasteiger partial charge >= 0.3 is 0 Å². The molecule has 0 aliphatic rings. The molecule has 21 heavy (non-hydrogen) atoms.